The number of aromatic nitrogens is 5. The smallest absolute Gasteiger partial charge is 0.160 e. The first-order valence-electron chi connectivity index (χ1n) is 6.19. The number of hydrogen-bond donors (Lipinski definition) is 1. The molecule has 0 unspecified atom stereocenters. The Morgan fingerprint density at radius 2 is 2.24 bits per heavy atom. The summed E-state index contributed by atoms with van der Waals surface area (Å²) in [4.78, 5) is 8.41. The third kappa shape index (κ3) is 1.65. The summed E-state index contributed by atoms with van der Waals surface area (Å²) in [5, 5.41) is 15.9. The largest absolute Gasteiger partial charge is 0.411 e. The Morgan fingerprint density at radius 1 is 1.33 bits per heavy atom. The second-order valence-electron chi connectivity index (χ2n) is 4.59. The number of oxime groups is 1. The number of benzene rings is 1. The molecule has 3 aromatic rings. The molecule has 0 amide bonds. The minimum atomic E-state index is -0.344. The number of rotatable bonds is 1. The molecule has 21 heavy (non-hydrogen) atoms. The lowest BCUT2D eigenvalue weighted by atomic mass is 10.1. The fraction of sp³-hybridized carbons (Fsp3) is 0.0769. The second kappa shape index (κ2) is 4.23. The zero-order valence-electron chi connectivity index (χ0n) is 10.7. The topological polar surface area (TPSA) is 81.1 Å². The van der Waals surface area contributed by atoms with Gasteiger partial charge in [-0.1, -0.05) is 5.16 Å². The first-order chi connectivity index (χ1) is 10.3. The third-order valence-electron chi connectivity index (χ3n) is 3.45. The van der Waals surface area contributed by atoms with E-state index in [4.69, 9.17) is 5.21 Å². The Bertz CT molecular complexity index is 865. The van der Waals surface area contributed by atoms with Gasteiger partial charge in [0.1, 0.15) is 24.2 Å². The van der Waals surface area contributed by atoms with Crippen molar-refractivity contribution in [2.24, 2.45) is 5.16 Å². The number of nitrogens with zero attached hydrogens (tertiary/aromatic N) is 6. The van der Waals surface area contributed by atoms with E-state index in [1.54, 1.807) is 17.1 Å². The van der Waals surface area contributed by atoms with Gasteiger partial charge in [0.15, 0.2) is 5.82 Å². The number of imidazole rings is 1. The molecule has 2 aromatic heterocycles. The number of hydrogen-bond acceptors (Lipinski definition) is 5. The van der Waals surface area contributed by atoms with Crippen molar-refractivity contribution < 1.29 is 9.60 Å². The van der Waals surface area contributed by atoms with Gasteiger partial charge in [-0.2, -0.15) is 5.10 Å². The molecule has 1 N–H and O–H groups in total. The summed E-state index contributed by atoms with van der Waals surface area (Å²) < 4.78 is 17.1. The van der Waals surface area contributed by atoms with Crippen molar-refractivity contribution in [2.75, 3.05) is 0 Å². The van der Waals surface area contributed by atoms with E-state index in [2.05, 4.69) is 20.2 Å². The van der Waals surface area contributed by atoms with Crippen LogP contribution >= 0.6 is 0 Å². The molecule has 4 rings (SSSR count). The summed E-state index contributed by atoms with van der Waals surface area (Å²) in [6.45, 7) is 0.396. The van der Waals surface area contributed by atoms with Gasteiger partial charge in [0.2, 0.25) is 0 Å². The molecule has 104 valence electrons. The highest BCUT2D eigenvalue weighted by Crippen LogP contribution is 2.31. The molecule has 0 bridgehead atoms. The molecule has 3 heterocycles. The number of fused-ring (bicyclic) bond motifs is 5. The van der Waals surface area contributed by atoms with E-state index in [0.29, 0.717) is 23.6 Å². The summed E-state index contributed by atoms with van der Waals surface area (Å²) in [6.07, 6.45) is 4.29. The predicted molar refractivity (Wildman–Crippen MR) is 71.0 cm³/mol. The molecule has 0 atom stereocenters. The van der Waals surface area contributed by atoms with Gasteiger partial charge in [-0.25, -0.2) is 19.0 Å². The standard InChI is InChI=1S/C13H9FN6O/c14-8-1-2-11-9(3-8)13-15-6-17-20(13)5-12-10(4-18-21)16-7-19(11)12/h1-4,6-7,21H,5H2. The van der Waals surface area contributed by atoms with Crippen molar-refractivity contribution in [3.05, 3.63) is 48.1 Å². The van der Waals surface area contributed by atoms with E-state index in [0.717, 1.165) is 11.4 Å². The summed E-state index contributed by atoms with van der Waals surface area (Å²) in [5.41, 5.74) is 2.69. The van der Waals surface area contributed by atoms with Gasteiger partial charge in [0.05, 0.1) is 24.1 Å². The lowest BCUT2D eigenvalue weighted by Crippen LogP contribution is -2.06. The summed E-state index contributed by atoms with van der Waals surface area (Å²) in [7, 11) is 0. The Hall–Kier alpha value is -3.03. The van der Waals surface area contributed by atoms with E-state index in [-0.39, 0.29) is 5.82 Å². The Balaban J connectivity index is 2.07. The van der Waals surface area contributed by atoms with Gasteiger partial charge < -0.3 is 5.21 Å². The minimum Gasteiger partial charge on any atom is -0.411 e. The molecule has 8 heteroatoms. The van der Waals surface area contributed by atoms with Crippen molar-refractivity contribution >= 4 is 6.21 Å². The Kier molecular flexibility index (Phi) is 2.37. The molecule has 1 aromatic carbocycles. The van der Waals surface area contributed by atoms with Gasteiger partial charge in [-0.05, 0) is 18.2 Å². The minimum absolute atomic E-state index is 0.344. The number of halogens is 1. The van der Waals surface area contributed by atoms with E-state index in [9.17, 15) is 4.39 Å². The molecular formula is C13H9FN6O. The molecule has 0 fully saturated rings. The van der Waals surface area contributed by atoms with E-state index in [1.165, 1.54) is 24.7 Å². The average Bonchev–Trinajstić information content (AvgIpc) is 3.06. The highest BCUT2D eigenvalue weighted by atomic mass is 19.1. The van der Waals surface area contributed by atoms with Crippen LogP contribution in [-0.2, 0) is 6.54 Å². The van der Waals surface area contributed by atoms with Gasteiger partial charge in [0.25, 0.3) is 0 Å². The average molecular weight is 284 g/mol. The molecule has 0 radical (unpaired) electrons. The van der Waals surface area contributed by atoms with Crippen molar-refractivity contribution in [1.82, 2.24) is 24.3 Å². The SMILES string of the molecule is ON=Cc1ncn2c1Cn1ncnc1-c1cc(F)ccc1-2. The normalized spacial score (nSPS) is 12.8. The summed E-state index contributed by atoms with van der Waals surface area (Å²) >= 11 is 0. The van der Waals surface area contributed by atoms with Crippen molar-refractivity contribution in [1.29, 1.82) is 0 Å². The molecule has 0 saturated carbocycles. The van der Waals surface area contributed by atoms with Crippen LogP contribution in [0.1, 0.15) is 11.4 Å². The molecule has 0 spiro atoms. The van der Waals surface area contributed by atoms with Gasteiger partial charge in [0, 0.05) is 5.56 Å². The molecule has 7 nitrogen and oxygen atoms in total. The zero-order valence-corrected chi connectivity index (χ0v) is 10.7. The monoisotopic (exact) mass is 284 g/mol. The van der Waals surface area contributed by atoms with Crippen LogP contribution in [0.5, 0.6) is 0 Å². The van der Waals surface area contributed by atoms with Crippen LogP contribution in [0.25, 0.3) is 17.1 Å². The predicted octanol–water partition coefficient (Wildman–Crippen LogP) is 1.44. The maximum Gasteiger partial charge on any atom is 0.160 e. The lowest BCUT2D eigenvalue weighted by Gasteiger charge is -2.08. The van der Waals surface area contributed by atoms with Crippen LogP contribution in [-0.4, -0.2) is 35.7 Å². The van der Waals surface area contributed by atoms with Crippen LogP contribution < -0.4 is 0 Å². The maximum absolute atomic E-state index is 13.6. The zero-order chi connectivity index (χ0) is 14.4. The van der Waals surface area contributed by atoms with Crippen molar-refractivity contribution in [3.8, 4) is 17.1 Å². The summed E-state index contributed by atoms with van der Waals surface area (Å²) in [5.74, 6) is 0.240. The highest BCUT2D eigenvalue weighted by molar-refractivity contribution is 5.79. The van der Waals surface area contributed by atoms with Crippen LogP contribution in [0, 0.1) is 5.82 Å². The van der Waals surface area contributed by atoms with Crippen molar-refractivity contribution in [2.45, 2.75) is 6.54 Å². The first-order valence-corrected chi connectivity index (χ1v) is 6.19. The van der Waals surface area contributed by atoms with Crippen molar-refractivity contribution in [3.63, 3.8) is 0 Å². The molecule has 0 aliphatic carbocycles. The van der Waals surface area contributed by atoms with Gasteiger partial charge >= 0.3 is 0 Å². The first kappa shape index (κ1) is 11.8. The molecule has 0 saturated heterocycles. The fourth-order valence-corrected chi connectivity index (χ4v) is 2.54. The maximum atomic E-state index is 13.6. The third-order valence-corrected chi connectivity index (χ3v) is 3.45. The van der Waals surface area contributed by atoms with E-state index >= 15 is 0 Å². The van der Waals surface area contributed by atoms with Crippen LogP contribution in [0.2, 0.25) is 0 Å². The van der Waals surface area contributed by atoms with E-state index in [1.807, 2.05) is 4.57 Å². The molecule has 1 aliphatic heterocycles. The van der Waals surface area contributed by atoms with Gasteiger partial charge in [-0.15, -0.1) is 0 Å². The highest BCUT2D eigenvalue weighted by Gasteiger charge is 2.23. The lowest BCUT2D eigenvalue weighted by molar-refractivity contribution is 0.321. The molecular weight excluding hydrogens is 275 g/mol. The second-order valence-corrected chi connectivity index (χ2v) is 4.59. The Morgan fingerprint density at radius 3 is 3.10 bits per heavy atom. The van der Waals surface area contributed by atoms with E-state index < -0.39 is 0 Å². The van der Waals surface area contributed by atoms with Crippen LogP contribution in [0.3, 0.4) is 0 Å². The Labute approximate surface area is 118 Å². The van der Waals surface area contributed by atoms with Crippen LogP contribution in [0.4, 0.5) is 4.39 Å². The fourth-order valence-electron chi connectivity index (χ4n) is 2.54. The summed E-state index contributed by atoms with van der Waals surface area (Å²) in [6, 6.07) is 4.47. The molecule has 1 aliphatic rings. The van der Waals surface area contributed by atoms with Gasteiger partial charge in [-0.3, -0.25) is 4.57 Å². The quantitative estimate of drug-likeness (QED) is 0.326. The van der Waals surface area contributed by atoms with Crippen LogP contribution in [0.15, 0.2) is 36.0 Å².